The van der Waals surface area contributed by atoms with E-state index in [1.807, 2.05) is 6.20 Å². The molecule has 0 fully saturated rings. The second kappa shape index (κ2) is 4.94. The molecule has 6 nitrogen and oxygen atoms in total. The Kier molecular flexibility index (Phi) is 3.36. The maximum Gasteiger partial charge on any atom is 0.188 e. The van der Waals surface area contributed by atoms with Crippen LogP contribution in [0.15, 0.2) is 6.20 Å². The Labute approximate surface area is 91.1 Å². The Morgan fingerprint density at radius 3 is 3.07 bits per heavy atom. The van der Waals surface area contributed by atoms with Gasteiger partial charge < -0.3 is 5.32 Å². The first kappa shape index (κ1) is 10.2. The average molecular weight is 224 g/mol. The van der Waals surface area contributed by atoms with Gasteiger partial charge in [0, 0.05) is 17.6 Å². The van der Waals surface area contributed by atoms with E-state index in [1.54, 1.807) is 11.3 Å². The predicted molar refractivity (Wildman–Crippen MR) is 56.2 cm³/mol. The molecule has 0 spiro atoms. The molecule has 7 heteroatoms. The molecule has 0 radical (unpaired) electrons. The number of hydrogen-bond donors (Lipinski definition) is 2. The standard InChI is InChI=1S/C8H12N6S/c1-2-8-10-4-6(15-8)3-9-5-7-11-13-14-12-7/h4,9H,2-3,5H2,1H3,(H,11,12,13,14). The fourth-order valence-corrected chi connectivity index (χ4v) is 1.98. The molecule has 0 aromatic carbocycles. The maximum absolute atomic E-state index is 4.28. The van der Waals surface area contributed by atoms with Crippen LogP contribution in [0.4, 0.5) is 0 Å². The van der Waals surface area contributed by atoms with Crippen LogP contribution >= 0.6 is 11.3 Å². The van der Waals surface area contributed by atoms with E-state index in [0.717, 1.165) is 13.0 Å². The Balaban J connectivity index is 1.78. The highest BCUT2D eigenvalue weighted by Crippen LogP contribution is 2.12. The van der Waals surface area contributed by atoms with E-state index < -0.39 is 0 Å². The van der Waals surface area contributed by atoms with Crippen LogP contribution < -0.4 is 5.32 Å². The summed E-state index contributed by atoms with van der Waals surface area (Å²) in [5.74, 6) is 0.676. The lowest BCUT2D eigenvalue weighted by Crippen LogP contribution is -2.12. The fraction of sp³-hybridized carbons (Fsp3) is 0.500. The molecule has 0 aliphatic heterocycles. The molecular weight excluding hydrogens is 212 g/mol. The van der Waals surface area contributed by atoms with E-state index in [4.69, 9.17) is 0 Å². The Morgan fingerprint density at radius 1 is 1.47 bits per heavy atom. The van der Waals surface area contributed by atoms with Crippen molar-refractivity contribution >= 4 is 11.3 Å². The second-order valence-electron chi connectivity index (χ2n) is 3.01. The van der Waals surface area contributed by atoms with Crippen LogP contribution in [0.5, 0.6) is 0 Å². The predicted octanol–water partition coefficient (Wildman–Crippen LogP) is 0.508. The molecule has 2 N–H and O–H groups in total. The van der Waals surface area contributed by atoms with Crippen LogP contribution in [0.2, 0.25) is 0 Å². The molecule has 0 amide bonds. The minimum atomic E-state index is 0.621. The Bertz CT molecular complexity index is 395. The van der Waals surface area contributed by atoms with Crippen molar-refractivity contribution in [2.45, 2.75) is 26.4 Å². The first-order valence-electron chi connectivity index (χ1n) is 4.75. The van der Waals surface area contributed by atoms with E-state index in [0.29, 0.717) is 12.4 Å². The second-order valence-corrected chi connectivity index (χ2v) is 4.21. The number of hydrogen-bond acceptors (Lipinski definition) is 6. The smallest absolute Gasteiger partial charge is 0.188 e. The fourth-order valence-electron chi connectivity index (χ4n) is 1.15. The number of nitrogens with zero attached hydrogens (tertiary/aromatic N) is 4. The summed E-state index contributed by atoms with van der Waals surface area (Å²) in [4.78, 5) is 5.51. The highest BCUT2D eigenvalue weighted by molar-refractivity contribution is 7.11. The highest BCUT2D eigenvalue weighted by Gasteiger charge is 2.01. The molecule has 2 heterocycles. The molecule has 80 valence electrons. The molecule has 0 bridgehead atoms. The normalized spacial score (nSPS) is 10.7. The third-order valence-corrected chi connectivity index (χ3v) is 3.02. The molecule has 0 atom stereocenters. The van der Waals surface area contributed by atoms with E-state index >= 15 is 0 Å². The van der Waals surface area contributed by atoms with Crippen molar-refractivity contribution in [2.75, 3.05) is 0 Å². The van der Waals surface area contributed by atoms with Crippen LogP contribution in [0.25, 0.3) is 0 Å². The Hall–Kier alpha value is -1.34. The molecule has 2 rings (SSSR count). The third kappa shape index (κ3) is 2.80. The number of thiazole rings is 1. The number of aromatic nitrogens is 5. The number of tetrazole rings is 1. The number of nitrogens with one attached hydrogen (secondary N) is 2. The summed E-state index contributed by atoms with van der Waals surface area (Å²) in [7, 11) is 0. The first-order chi connectivity index (χ1) is 7.38. The van der Waals surface area contributed by atoms with Crippen LogP contribution in [-0.2, 0) is 19.5 Å². The largest absolute Gasteiger partial charge is 0.305 e. The van der Waals surface area contributed by atoms with Crippen molar-refractivity contribution < 1.29 is 0 Å². The van der Waals surface area contributed by atoms with Crippen molar-refractivity contribution in [1.29, 1.82) is 0 Å². The van der Waals surface area contributed by atoms with E-state index in [2.05, 4.69) is 37.8 Å². The number of H-pyrrole nitrogens is 1. The maximum atomic E-state index is 4.28. The van der Waals surface area contributed by atoms with E-state index in [9.17, 15) is 0 Å². The van der Waals surface area contributed by atoms with Gasteiger partial charge in [0.1, 0.15) is 0 Å². The van der Waals surface area contributed by atoms with Crippen molar-refractivity contribution in [3.05, 3.63) is 21.9 Å². The summed E-state index contributed by atoms with van der Waals surface area (Å²) < 4.78 is 0. The summed E-state index contributed by atoms with van der Waals surface area (Å²) in [6, 6.07) is 0. The van der Waals surface area contributed by atoms with Gasteiger partial charge in [-0.3, -0.25) is 0 Å². The zero-order valence-corrected chi connectivity index (χ0v) is 9.21. The van der Waals surface area contributed by atoms with Gasteiger partial charge in [-0.05, 0) is 6.42 Å². The van der Waals surface area contributed by atoms with Crippen molar-refractivity contribution in [3.63, 3.8) is 0 Å². The summed E-state index contributed by atoms with van der Waals surface area (Å²) in [5.41, 5.74) is 0. The van der Waals surface area contributed by atoms with Crippen LogP contribution in [-0.4, -0.2) is 25.6 Å². The molecule has 0 aliphatic rings. The molecule has 0 saturated heterocycles. The topological polar surface area (TPSA) is 79.4 Å². The summed E-state index contributed by atoms with van der Waals surface area (Å²) in [6.45, 7) is 3.53. The van der Waals surface area contributed by atoms with Crippen LogP contribution in [0.1, 0.15) is 22.6 Å². The third-order valence-electron chi connectivity index (χ3n) is 1.88. The van der Waals surface area contributed by atoms with E-state index in [-0.39, 0.29) is 0 Å². The minimum Gasteiger partial charge on any atom is -0.305 e. The van der Waals surface area contributed by atoms with Gasteiger partial charge in [-0.2, -0.15) is 5.21 Å². The monoisotopic (exact) mass is 224 g/mol. The van der Waals surface area contributed by atoms with Crippen molar-refractivity contribution in [2.24, 2.45) is 0 Å². The highest BCUT2D eigenvalue weighted by atomic mass is 32.1. The van der Waals surface area contributed by atoms with Gasteiger partial charge in [-0.25, -0.2) is 4.98 Å². The zero-order chi connectivity index (χ0) is 10.5. The number of aryl methyl sites for hydroxylation is 1. The van der Waals surface area contributed by atoms with Crippen LogP contribution in [0, 0.1) is 0 Å². The number of aromatic amines is 1. The Morgan fingerprint density at radius 2 is 2.40 bits per heavy atom. The lowest BCUT2D eigenvalue weighted by atomic mass is 10.5. The average Bonchev–Trinajstić information content (AvgIpc) is 2.88. The van der Waals surface area contributed by atoms with Gasteiger partial charge in [-0.1, -0.05) is 12.1 Å². The molecule has 15 heavy (non-hydrogen) atoms. The van der Waals surface area contributed by atoms with Gasteiger partial charge in [-0.15, -0.1) is 21.5 Å². The van der Waals surface area contributed by atoms with Crippen molar-refractivity contribution in [1.82, 2.24) is 30.9 Å². The quantitative estimate of drug-likeness (QED) is 0.773. The first-order valence-corrected chi connectivity index (χ1v) is 5.56. The molecular formula is C8H12N6S. The summed E-state index contributed by atoms with van der Waals surface area (Å²) >= 11 is 1.73. The van der Waals surface area contributed by atoms with Crippen LogP contribution in [0.3, 0.4) is 0 Å². The minimum absolute atomic E-state index is 0.621. The number of rotatable bonds is 5. The SMILES string of the molecule is CCc1ncc(CNCc2nn[nH]n2)s1. The van der Waals surface area contributed by atoms with Gasteiger partial charge >= 0.3 is 0 Å². The summed E-state index contributed by atoms with van der Waals surface area (Å²) in [5, 5.41) is 18.0. The lowest BCUT2D eigenvalue weighted by Gasteiger charge is -1.96. The zero-order valence-electron chi connectivity index (χ0n) is 8.40. The van der Waals surface area contributed by atoms with Gasteiger partial charge in [0.2, 0.25) is 0 Å². The lowest BCUT2D eigenvalue weighted by molar-refractivity contribution is 0.669. The molecule has 0 unspecified atom stereocenters. The van der Waals surface area contributed by atoms with Gasteiger partial charge in [0.05, 0.1) is 11.6 Å². The van der Waals surface area contributed by atoms with Gasteiger partial charge in [0.25, 0.3) is 0 Å². The molecule has 2 aromatic heterocycles. The summed E-state index contributed by atoms with van der Waals surface area (Å²) in [6.07, 6.45) is 2.90. The molecule has 0 saturated carbocycles. The molecule has 0 aliphatic carbocycles. The van der Waals surface area contributed by atoms with E-state index in [1.165, 1.54) is 9.88 Å². The van der Waals surface area contributed by atoms with Crippen molar-refractivity contribution in [3.8, 4) is 0 Å². The van der Waals surface area contributed by atoms with Gasteiger partial charge in [0.15, 0.2) is 5.82 Å². The molecule has 2 aromatic rings.